The van der Waals surface area contributed by atoms with E-state index in [1.807, 2.05) is 27.7 Å². The molecule has 5 nitrogen and oxygen atoms in total. The van der Waals surface area contributed by atoms with E-state index in [1.165, 1.54) is 0 Å². The molecule has 0 spiro atoms. The second-order valence-corrected chi connectivity index (χ2v) is 5.08. The quantitative estimate of drug-likeness (QED) is 0.869. The van der Waals surface area contributed by atoms with Crippen LogP contribution in [0.1, 0.15) is 42.9 Å². The Morgan fingerprint density at radius 3 is 2.58 bits per heavy atom. The summed E-state index contributed by atoms with van der Waals surface area (Å²) in [5.74, 6) is 3.09. The number of aromatic nitrogens is 3. The molecule has 0 saturated carbocycles. The molecule has 0 aliphatic carbocycles. The highest BCUT2D eigenvalue weighted by Crippen LogP contribution is 2.17. The Balaban J connectivity index is 2.11. The molecular formula is C13H17ClN4O. The van der Waals surface area contributed by atoms with Crippen LogP contribution in [0.25, 0.3) is 0 Å². The molecule has 0 aliphatic heterocycles. The molecule has 0 fully saturated rings. The molecule has 2 aromatic heterocycles. The van der Waals surface area contributed by atoms with Gasteiger partial charge in [0.15, 0.2) is 0 Å². The van der Waals surface area contributed by atoms with E-state index < -0.39 is 0 Å². The third-order valence-corrected chi connectivity index (χ3v) is 2.92. The third kappa shape index (κ3) is 3.44. The van der Waals surface area contributed by atoms with Crippen molar-refractivity contribution in [2.75, 3.05) is 5.32 Å². The summed E-state index contributed by atoms with van der Waals surface area (Å²) in [6.07, 6.45) is 0. The number of oxazole rings is 1. The van der Waals surface area contributed by atoms with Crippen molar-refractivity contribution < 1.29 is 4.42 Å². The van der Waals surface area contributed by atoms with Crippen molar-refractivity contribution in [1.82, 2.24) is 15.0 Å². The van der Waals surface area contributed by atoms with E-state index in [4.69, 9.17) is 16.0 Å². The summed E-state index contributed by atoms with van der Waals surface area (Å²) in [5.41, 5.74) is 0.903. The zero-order valence-electron chi connectivity index (χ0n) is 11.5. The predicted molar refractivity (Wildman–Crippen MR) is 74.4 cm³/mol. The first-order valence-corrected chi connectivity index (χ1v) is 6.54. The first-order chi connectivity index (χ1) is 8.95. The number of nitrogens with one attached hydrogen (secondary N) is 1. The van der Waals surface area contributed by atoms with Gasteiger partial charge in [-0.25, -0.2) is 15.0 Å². The van der Waals surface area contributed by atoms with Crippen LogP contribution in [0.2, 0.25) is 5.15 Å². The van der Waals surface area contributed by atoms with Crippen molar-refractivity contribution in [1.29, 1.82) is 0 Å². The second-order valence-electron chi connectivity index (χ2n) is 4.69. The Kier molecular flexibility index (Phi) is 4.04. The molecule has 0 unspecified atom stereocenters. The van der Waals surface area contributed by atoms with E-state index in [0.717, 1.165) is 17.3 Å². The molecule has 19 heavy (non-hydrogen) atoms. The topological polar surface area (TPSA) is 63.8 Å². The van der Waals surface area contributed by atoms with Crippen molar-refractivity contribution in [2.45, 2.75) is 40.2 Å². The molecule has 2 aromatic rings. The number of aryl methyl sites for hydroxylation is 2. The molecule has 1 N–H and O–H groups in total. The van der Waals surface area contributed by atoms with Gasteiger partial charge in [0.1, 0.15) is 22.6 Å². The van der Waals surface area contributed by atoms with Crippen LogP contribution < -0.4 is 5.32 Å². The van der Waals surface area contributed by atoms with Crippen LogP contribution in [0.5, 0.6) is 0 Å². The molecule has 0 bridgehead atoms. The van der Waals surface area contributed by atoms with Gasteiger partial charge in [-0.2, -0.15) is 0 Å². The number of hydrogen-bond acceptors (Lipinski definition) is 5. The zero-order chi connectivity index (χ0) is 14.0. The number of rotatable bonds is 4. The Hall–Kier alpha value is -1.62. The average Bonchev–Trinajstić information content (AvgIpc) is 2.65. The van der Waals surface area contributed by atoms with Crippen LogP contribution in [-0.4, -0.2) is 15.0 Å². The smallest absolute Gasteiger partial charge is 0.213 e. The minimum Gasteiger partial charge on any atom is -0.444 e. The van der Waals surface area contributed by atoms with Gasteiger partial charge in [0, 0.05) is 12.0 Å². The Morgan fingerprint density at radius 2 is 2.00 bits per heavy atom. The highest BCUT2D eigenvalue weighted by molar-refractivity contribution is 6.29. The molecule has 6 heteroatoms. The number of anilines is 1. The summed E-state index contributed by atoms with van der Waals surface area (Å²) in [6.45, 7) is 8.33. The Morgan fingerprint density at radius 1 is 1.26 bits per heavy atom. The van der Waals surface area contributed by atoms with Gasteiger partial charge in [0.05, 0.1) is 12.2 Å². The van der Waals surface area contributed by atoms with E-state index in [9.17, 15) is 0 Å². The minimum atomic E-state index is 0.227. The van der Waals surface area contributed by atoms with Gasteiger partial charge in [0.2, 0.25) is 5.89 Å². The number of hydrogen-bond donors (Lipinski definition) is 1. The lowest BCUT2D eigenvalue weighted by molar-refractivity contribution is 0.478. The predicted octanol–water partition coefficient (Wildman–Crippen LogP) is 3.47. The standard InChI is InChI=1S/C13H17ClN4O/c1-7(2)13-17-10(14)5-11(18-13)15-6-12-16-8(3)9(4)19-12/h5,7H,6H2,1-4H3,(H,15,17,18). The zero-order valence-corrected chi connectivity index (χ0v) is 12.2. The highest BCUT2D eigenvalue weighted by atomic mass is 35.5. The van der Waals surface area contributed by atoms with Crippen molar-refractivity contribution in [3.8, 4) is 0 Å². The van der Waals surface area contributed by atoms with E-state index in [2.05, 4.69) is 20.3 Å². The van der Waals surface area contributed by atoms with Gasteiger partial charge in [-0.05, 0) is 13.8 Å². The van der Waals surface area contributed by atoms with Crippen LogP contribution in [0.4, 0.5) is 5.82 Å². The van der Waals surface area contributed by atoms with Crippen molar-refractivity contribution >= 4 is 17.4 Å². The van der Waals surface area contributed by atoms with E-state index in [-0.39, 0.29) is 5.92 Å². The molecule has 2 heterocycles. The van der Waals surface area contributed by atoms with Gasteiger partial charge in [-0.15, -0.1) is 0 Å². The van der Waals surface area contributed by atoms with Crippen LogP contribution in [-0.2, 0) is 6.54 Å². The highest BCUT2D eigenvalue weighted by Gasteiger charge is 2.09. The second kappa shape index (κ2) is 5.57. The van der Waals surface area contributed by atoms with Gasteiger partial charge in [0.25, 0.3) is 0 Å². The maximum Gasteiger partial charge on any atom is 0.213 e. The molecule has 0 aliphatic rings. The maximum absolute atomic E-state index is 5.97. The first-order valence-electron chi connectivity index (χ1n) is 6.17. The summed E-state index contributed by atoms with van der Waals surface area (Å²) in [4.78, 5) is 12.9. The van der Waals surface area contributed by atoms with Crippen molar-refractivity contribution in [3.05, 3.63) is 34.4 Å². The van der Waals surface area contributed by atoms with Gasteiger partial charge in [-0.3, -0.25) is 0 Å². The fourth-order valence-electron chi connectivity index (χ4n) is 1.56. The van der Waals surface area contributed by atoms with Crippen molar-refractivity contribution in [2.24, 2.45) is 0 Å². The Bertz CT molecular complexity index is 561. The van der Waals surface area contributed by atoms with Gasteiger partial charge >= 0.3 is 0 Å². The summed E-state index contributed by atoms with van der Waals surface area (Å²) < 4.78 is 5.49. The third-order valence-electron chi connectivity index (χ3n) is 2.72. The lowest BCUT2D eigenvalue weighted by atomic mass is 10.2. The lowest BCUT2D eigenvalue weighted by Crippen LogP contribution is -2.06. The van der Waals surface area contributed by atoms with Crippen LogP contribution in [0, 0.1) is 13.8 Å². The molecule has 2 rings (SSSR count). The lowest BCUT2D eigenvalue weighted by Gasteiger charge is -2.08. The average molecular weight is 281 g/mol. The molecule has 0 aromatic carbocycles. The fraction of sp³-hybridized carbons (Fsp3) is 0.462. The number of halogens is 1. The van der Waals surface area contributed by atoms with Crippen LogP contribution in [0.3, 0.4) is 0 Å². The molecule has 102 valence electrons. The monoisotopic (exact) mass is 280 g/mol. The summed E-state index contributed by atoms with van der Waals surface area (Å²) in [7, 11) is 0. The van der Waals surface area contributed by atoms with Gasteiger partial charge < -0.3 is 9.73 Å². The molecular weight excluding hydrogens is 264 g/mol. The van der Waals surface area contributed by atoms with Gasteiger partial charge in [-0.1, -0.05) is 25.4 Å². The first kappa shape index (κ1) is 13.8. The van der Waals surface area contributed by atoms with Crippen LogP contribution in [0.15, 0.2) is 10.5 Å². The molecule has 0 radical (unpaired) electrons. The largest absolute Gasteiger partial charge is 0.444 e. The van der Waals surface area contributed by atoms with E-state index in [0.29, 0.717) is 23.4 Å². The van der Waals surface area contributed by atoms with Crippen LogP contribution >= 0.6 is 11.6 Å². The fourth-order valence-corrected chi connectivity index (χ4v) is 1.75. The van der Waals surface area contributed by atoms with E-state index in [1.54, 1.807) is 6.07 Å². The normalized spacial score (nSPS) is 11.1. The number of nitrogens with zero attached hydrogens (tertiary/aromatic N) is 3. The summed E-state index contributed by atoms with van der Waals surface area (Å²) in [6, 6.07) is 1.69. The molecule has 0 amide bonds. The molecule has 0 saturated heterocycles. The summed E-state index contributed by atoms with van der Waals surface area (Å²) in [5, 5.41) is 3.58. The molecule has 0 atom stereocenters. The van der Waals surface area contributed by atoms with Crippen molar-refractivity contribution in [3.63, 3.8) is 0 Å². The maximum atomic E-state index is 5.97. The SMILES string of the molecule is Cc1nc(CNc2cc(Cl)nc(C(C)C)n2)oc1C. The Labute approximate surface area is 117 Å². The minimum absolute atomic E-state index is 0.227. The van der Waals surface area contributed by atoms with E-state index >= 15 is 0 Å². The summed E-state index contributed by atoms with van der Waals surface area (Å²) >= 11 is 5.97.